The summed E-state index contributed by atoms with van der Waals surface area (Å²) in [6, 6.07) is 0. The van der Waals surface area contributed by atoms with Crippen LogP contribution in [0.15, 0.2) is 0 Å². The van der Waals surface area contributed by atoms with E-state index in [1.165, 1.54) is 12.8 Å². The van der Waals surface area contributed by atoms with Crippen molar-refractivity contribution in [2.45, 2.75) is 33.1 Å². The van der Waals surface area contributed by atoms with Crippen molar-refractivity contribution < 1.29 is 4.74 Å². The van der Waals surface area contributed by atoms with Crippen LogP contribution in [0, 0.1) is 11.3 Å². The molecule has 2 heteroatoms. The fraction of sp³-hybridized carbons (Fsp3) is 1.00. The summed E-state index contributed by atoms with van der Waals surface area (Å²) in [4.78, 5) is 0. The lowest BCUT2D eigenvalue weighted by atomic mass is 9.83. The highest BCUT2D eigenvalue weighted by Crippen LogP contribution is 2.35. The molecule has 0 N–H and O–H groups in total. The molecule has 12 heavy (non-hydrogen) atoms. The van der Waals surface area contributed by atoms with Crippen LogP contribution in [0.3, 0.4) is 0 Å². The van der Waals surface area contributed by atoms with Crippen molar-refractivity contribution in [2.75, 3.05) is 19.1 Å². The van der Waals surface area contributed by atoms with Gasteiger partial charge in [0.05, 0.1) is 6.61 Å². The Balaban J connectivity index is 2.34. The molecule has 0 amide bonds. The fourth-order valence-electron chi connectivity index (χ4n) is 1.61. The van der Waals surface area contributed by atoms with Gasteiger partial charge in [0.15, 0.2) is 0 Å². The van der Waals surface area contributed by atoms with Gasteiger partial charge in [0.2, 0.25) is 0 Å². The SMILES string of the molecule is CC(C)CCC1(CCl)CCOC1. The second-order valence-corrected chi connectivity index (χ2v) is 4.64. The molecule has 1 nitrogen and oxygen atoms in total. The first-order valence-corrected chi connectivity index (χ1v) is 5.36. The molecule has 0 aliphatic carbocycles. The predicted octanol–water partition coefficient (Wildman–Crippen LogP) is 3.07. The van der Waals surface area contributed by atoms with Gasteiger partial charge in [-0.2, -0.15) is 0 Å². The Labute approximate surface area is 80.4 Å². The molecule has 0 aromatic carbocycles. The first kappa shape index (κ1) is 10.3. The van der Waals surface area contributed by atoms with E-state index in [-0.39, 0.29) is 0 Å². The standard InChI is InChI=1S/C10H19ClO/c1-9(2)3-4-10(7-11)5-6-12-8-10/h9H,3-8H2,1-2H3. The summed E-state index contributed by atoms with van der Waals surface area (Å²) in [6.45, 7) is 6.31. The van der Waals surface area contributed by atoms with E-state index in [2.05, 4.69) is 13.8 Å². The number of hydrogen-bond donors (Lipinski definition) is 0. The van der Waals surface area contributed by atoms with Crippen molar-refractivity contribution in [3.8, 4) is 0 Å². The van der Waals surface area contributed by atoms with Gasteiger partial charge >= 0.3 is 0 Å². The highest BCUT2D eigenvalue weighted by Gasteiger charge is 2.33. The Morgan fingerprint density at radius 3 is 2.67 bits per heavy atom. The second kappa shape index (κ2) is 4.48. The molecule has 72 valence electrons. The highest BCUT2D eigenvalue weighted by atomic mass is 35.5. The van der Waals surface area contributed by atoms with Crippen LogP contribution in [-0.2, 0) is 4.74 Å². The Morgan fingerprint density at radius 1 is 1.50 bits per heavy atom. The smallest absolute Gasteiger partial charge is 0.0534 e. The van der Waals surface area contributed by atoms with Crippen LogP contribution >= 0.6 is 11.6 Å². The molecule has 1 fully saturated rings. The third kappa shape index (κ3) is 2.63. The molecule has 1 saturated heterocycles. The monoisotopic (exact) mass is 190 g/mol. The van der Waals surface area contributed by atoms with Crippen LogP contribution in [0.4, 0.5) is 0 Å². The number of rotatable bonds is 4. The highest BCUT2D eigenvalue weighted by molar-refractivity contribution is 6.18. The molecule has 1 aliphatic heterocycles. The van der Waals surface area contributed by atoms with E-state index < -0.39 is 0 Å². The lowest BCUT2D eigenvalue weighted by molar-refractivity contribution is 0.153. The van der Waals surface area contributed by atoms with E-state index >= 15 is 0 Å². The van der Waals surface area contributed by atoms with Crippen molar-refractivity contribution in [3.05, 3.63) is 0 Å². The van der Waals surface area contributed by atoms with Gasteiger partial charge in [-0.25, -0.2) is 0 Å². The Bertz CT molecular complexity index is 128. The van der Waals surface area contributed by atoms with Crippen molar-refractivity contribution in [3.63, 3.8) is 0 Å². The van der Waals surface area contributed by atoms with E-state index in [0.717, 1.165) is 31.4 Å². The summed E-state index contributed by atoms with van der Waals surface area (Å²) < 4.78 is 5.40. The van der Waals surface area contributed by atoms with Crippen LogP contribution in [-0.4, -0.2) is 19.1 Å². The lowest BCUT2D eigenvalue weighted by Crippen LogP contribution is -2.23. The Morgan fingerprint density at radius 2 is 2.25 bits per heavy atom. The zero-order chi connectivity index (χ0) is 9.03. The zero-order valence-corrected chi connectivity index (χ0v) is 8.86. The molecule has 1 rings (SSSR count). The molecule has 1 atom stereocenters. The number of ether oxygens (including phenoxy) is 1. The van der Waals surface area contributed by atoms with Crippen molar-refractivity contribution >= 4 is 11.6 Å². The van der Waals surface area contributed by atoms with E-state index in [1.807, 2.05) is 0 Å². The van der Waals surface area contributed by atoms with Crippen LogP contribution in [0.1, 0.15) is 33.1 Å². The van der Waals surface area contributed by atoms with E-state index in [4.69, 9.17) is 16.3 Å². The Hall–Kier alpha value is 0.250. The zero-order valence-electron chi connectivity index (χ0n) is 8.11. The number of hydrogen-bond acceptors (Lipinski definition) is 1. The van der Waals surface area contributed by atoms with Gasteiger partial charge in [-0.05, 0) is 18.8 Å². The van der Waals surface area contributed by atoms with Gasteiger partial charge in [-0.3, -0.25) is 0 Å². The van der Waals surface area contributed by atoms with Crippen LogP contribution < -0.4 is 0 Å². The normalized spacial score (nSPS) is 30.0. The van der Waals surface area contributed by atoms with Crippen molar-refractivity contribution in [2.24, 2.45) is 11.3 Å². The van der Waals surface area contributed by atoms with Crippen LogP contribution in [0.2, 0.25) is 0 Å². The number of halogens is 1. The fourth-order valence-corrected chi connectivity index (χ4v) is 1.96. The molecule has 0 aromatic rings. The quantitative estimate of drug-likeness (QED) is 0.620. The second-order valence-electron chi connectivity index (χ2n) is 4.37. The maximum Gasteiger partial charge on any atom is 0.0534 e. The molecular formula is C10H19ClO. The summed E-state index contributed by atoms with van der Waals surface area (Å²) in [7, 11) is 0. The molecule has 1 heterocycles. The van der Waals surface area contributed by atoms with Gasteiger partial charge in [0.1, 0.15) is 0 Å². The molecule has 0 radical (unpaired) electrons. The van der Waals surface area contributed by atoms with Gasteiger partial charge in [0.25, 0.3) is 0 Å². The summed E-state index contributed by atoms with van der Waals surface area (Å²) in [6.07, 6.45) is 3.66. The van der Waals surface area contributed by atoms with Crippen molar-refractivity contribution in [1.82, 2.24) is 0 Å². The minimum absolute atomic E-state index is 0.311. The average molecular weight is 191 g/mol. The van der Waals surface area contributed by atoms with E-state index in [9.17, 15) is 0 Å². The largest absolute Gasteiger partial charge is 0.381 e. The third-order valence-electron chi connectivity index (χ3n) is 2.72. The van der Waals surface area contributed by atoms with Gasteiger partial charge in [0, 0.05) is 17.9 Å². The minimum Gasteiger partial charge on any atom is -0.381 e. The first-order chi connectivity index (χ1) is 5.68. The lowest BCUT2D eigenvalue weighted by Gasteiger charge is -2.25. The summed E-state index contributed by atoms with van der Waals surface area (Å²) in [5.74, 6) is 1.55. The van der Waals surface area contributed by atoms with Gasteiger partial charge < -0.3 is 4.74 Å². The molecule has 0 bridgehead atoms. The molecule has 1 unspecified atom stereocenters. The summed E-state index contributed by atoms with van der Waals surface area (Å²) >= 11 is 5.97. The maximum atomic E-state index is 5.97. The molecule has 0 saturated carbocycles. The maximum absolute atomic E-state index is 5.97. The first-order valence-electron chi connectivity index (χ1n) is 4.82. The molecule has 0 aromatic heterocycles. The van der Waals surface area contributed by atoms with Gasteiger partial charge in [-0.15, -0.1) is 11.6 Å². The molecule has 1 aliphatic rings. The average Bonchev–Trinajstić information content (AvgIpc) is 2.50. The molecular weight excluding hydrogens is 172 g/mol. The van der Waals surface area contributed by atoms with Crippen molar-refractivity contribution in [1.29, 1.82) is 0 Å². The van der Waals surface area contributed by atoms with Gasteiger partial charge in [-0.1, -0.05) is 20.3 Å². The van der Waals surface area contributed by atoms with Crippen LogP contribution in [0.25, 0.3) is 0 Å². The third-order valence-corrected chi connectivity index (χ3v) is 3.29. The minimum atomic E-state index is 0.311. The van der Waals surface area contributed by atoms with E-state index in [0.29, 0.717) is 5.41 Å². The topological polar surface area (TPSA) is 9.23 Å². The molecule has 0 spiro atoms. The number of alkyl halides is 1. The predicted molar refractivity (Wildman–Crippen MR) is 52.7 cm³/mol. The Kier molecular flexibility index (Phi) is 3.85. The summed E-state index contributed by atoms with van der Waals surface area (Å²) in [5, 5.41) is 0. The van der Waals surface area contributed by atoms with E-state index in [1.54, 1.807) is 0 Å². The van der Waals surface area contributed by atoms with Crippen LogP contribution in [0.5, 0.6) is 0 Å². The summed E-state index contributed by atoms with van der Waals surface area (Å²) in [5.41, 5.74) is 0.311.